The van der Waals surface area contributed by atoms with Crippen LogP contribution in [0.2, 0.25) is 5.02 Å². The second-order valence-electron chi connectivity index (χ2n) is 6.63. The number of hydrogen-bond acceptors (Lipinski definition) is 4. The number of hydrogen-bond donors (Lipinski definition) is 1. The molecule has 0 bridgehead atoms. The Morgan fingerprint density at radius 3 is 2.59 bits per heavy atom. The predicted octanol–water partition coefficient (Wildman–Crippen LogP) is 4.81. The zero-order valence-electron chi connectivity index (χ0n) is 15.8. The number of nitrogens with zero attached hydrogens (tertiary/aromatic N) is 4. The number of nitrogens with one attached hydrogen (secondary N) is 1. The van der Waals surface area contributed by atoms with E-state index in [1.807, 2.05) is 38.1 Å². The number of carbonyl (C=O) groups is 1. The number of aryl methyl sites for hydroxylation is 2. The van der Waals surface area contributed by atoms with Gasteiger partial charge in [-0.05, 0) is 38.1 Å². The molecule has 0 aliphatic rings. The van der Waals surface area contributed by atoms with Crippen molar-refractivity contribution >= 4 is 34.2 Å². The van der Waals surface area contributed by atoms with Gasteiger partial charge in [0.05, 0.1) is 38.6 Å². The second kappa shape index (κ2) is 7.38. The quantitative estimate of drug-likeness (QED) is 0.533. The van der Waals surface area contributed by atoms with Crippen molar-refractivity contribution in [3.05, 3.63) is 82.1 Å². The van der Waals surface area contributed by atoms with Crippen LogP contribution < -0.4 is 5.32 Å². The third-order valence-corrected chi connectivity index (χ3v) is 5.02. The van der Waals surface area contributed by atoms with Crippen molar-refractivity contribution in [1.82, 2.24) is 14.8 Å². The van der Waals surface area contributed by atoms with Crippen LogP contribution in [0.3, 0.4) is 0 Å². The number of nitriles is 1. The highest BCUT2D eigenvalue weighted by atomic mass is 35.5. The first kappa shape index (κ1) is 18.7. The highest BCUT2D eigenvalue weighted by Gasteiger charge is 2.20. The van der Waals surface area contributed by atoms with Crippen LogP contribution >= 0.6 is 11.6 Å². The van der Waals surface area contributed by atoms with Crippen LogP contribution in [0.5, 0.6) is 0 Å². The van der Waals surface area contributed by atoms with E-state index >= 15 is 0 Å². The Morgan fingerprint density at radius 2 is 1.86 bits per heavy atom. The van der Waals surface area contributed by atoms with Crippen molar-refractivity contribution in [2.24, 2.45) is 0 Å². The Balaban J connectivity index is 1.77. The van der Waals surface area contributed by atoms with Crippen molar-refractivity contribution in [3.63, 3.8) is 0 Å². The van der Waals surface area contributed by atoms with E-state index in [-0.39, 0.29) is 10.6 Å². The predicted molar refractivity (Wildman–Crippen MR) is 112 cm³/mol. The molecule has 0 aliphatic carbocycles. The van der Waals surface area contributed by atoms with Crippen LogP contribution in [-0.4, -0.2) is 20.7 Å². The monoisotopic (exact) mass is 401 g/mol. The lowest BCUT2D eigenvalue weighted by molar-refractivity contribution is 0.102. The van der Waals surface area contributed by atoms with E-state index in [9.17, 15) is 10.1 Å². The molecule has 0 aliphatic heterocycles. The maximum Gasteiger partial charge on any atom is 0.258 e. The Hall–Kier alpha value is -3.69. The second-order valence-corrected chi connectivity index (χ2v) is 7.01. The Kier molecular flexibility index (Phi) is 4.75. The normalized spacial score (nSPS) is 10.7. The first-order valence-corrected chi connectivity index (χ1v) is 9.28. The molecule has 142 valence electrons. The van der Waals surface area contributed by atoms with Gasteiger partial charge in [-0.1, -0.05) is 41.4 Å². The van der Waals surface area contributed by atoms with Crippen LogP contribution in [0.15, 0.2) is 54.7 Å². The molecule has 2 heterocycles. The van der Waals surface area contributed by atoms with Crippen LogP contribution in [0, 0.1) is 25.2 Å². The smallest absolute Gasteiger partial charge is 0.258 e. The molecule has 2 aromatic carbocycles. The number of amides is 1. The van der Waals surface area contributed by atoms with Crippen molar-refractivity contribution in [1.29, 1.82) is 5.26 Å². The summed E-state index contributed by atoms with van der Waals surface area (Å²) in [5.74, 6) is -0.436. The fourth-order valence-corrected chi connectivity index (χ4v) is 3.47. The van der Waals surface area contributed by atoms with Gasteiger partial charge in [-0.25, -0.2) is 9.67 Å². The van der Waals surface area contributed by atoms with Crippen molar-refractivity contribution in [2.45, 2.75) is 13.8 Å². The van der Waals surface area contributed by atoms with E-state index in [2.05, 4.69) is 21.5 Å². The van der Waals surface area contributed by atoms with E-state index in [1.165, 1.54) is 6.20 Å². The molecule has 0 fully saturated rings. The number of para-hydroxylation sites is 1. The fourth-order valence-electron chi connectivity index (χ4n) is 3.11. The van der Waals surface area contributed by atoms with Gasteiger partial charge >= 0.3 is 0 Å². The Morgan fingerprint density at radius 1 is 1.14 bits per heavy atom. The van der Waals surface area contributed by atoms with E-state index in [1.54, 1.807) is 28.9 Å². The van der Waals surface area contributed by atoms with E-state index in [4.69, 9.17) is 11.6 Å². The molecular weight excluding hydrogens is 386 g/mol. The zero-order chi connectivity index (χ0) is 20.5. The number of fused-ring (bicyclic) bond motifs is 1. The summed E-state index contributed by atoms with van der Waals surface area (Å²) in [6.07, 6.45) is 1.43. The molecule has 0 saturated carbocycles. The largest absolute Gasteiger partial charge is 0.321 e. The third kappa shape index (κ3) is 3.33. The molecule has 7 heteroatoms. The summed E-state index contributed by atoms with van der Waals surface area (Å²) < 4.78 is 1.71. The number of anilines is 1. The maximum absolute atomic E-state index is 12.8. The minimum atomic E-state index is -0.436. The minimum absolute atomic E-state index is 0.221. The van der Waals surface area contributed by atoms with Gasteiger partial charge < -0.3 is 5.32 Å². The molecule has 6 nitrogen and oxygen atoms in total. The Bertz CT molecular complexity index is 1290. The minimum Gasteiger partial charge on any atom is -0.321 e. The van der Waals surface area contributed by atoms with Gasteiger partial charge in [0.2, 0.25) is 0 Å². The van der Waals surface area contributed by atoms with Crippen molar-refractivity contribution < 1.29 is 4.79 Å². The summed E-state index contributed by atoms with van der Waals surface area (Å²) in [7, 11) is 0. The molecule has 4 aromatic rings. The van der Waals surface area contributed by atoms with E-state index in [0.717, 1.165) is 11.3 Å². The summed E-state index contributed by atoms with van der Waals surface area (Å²) in [5.41, 5.74) is 4.26. The van der Waals surface area contributed by atoms with Crippen LogP contribution in [0.4, 0.5) is 5.69 Å². The number of pyridine rings is 1. The molecule has 0 saturated heterocycles. The van der Waals surface area contributed by atoms with Crippen molar-refractivity contribution in [3.8, 4) is 11.8 Å². The van der Waals surface area contributed by atoms with Gasteiger partial charge in [0.1, 0.15) is 6.07 Å². The molecule has 29 heavy (non-hydrogen) atoms. The molecule has 1 amide bonds. The highest BCUT2D eigenvalue weighted by Crippen LogP contribution is 2.30. The van der Waals surface area contributed by atoms with Gasteiger partial charge in [0, 0.05) is 6.20 Å². The maximum atomic E-state index is 12.8. The molecule has 1 N–H and O–H groups in total. The van der Waals surface area contributed by atoms with Crippen LogP contribution in [0.25, 0.3) is 16.7 Å². The lowest BCUT2D eigenvalue weighted by Gasteiger charge is -2.09. The lowest BCUT2D eigenvalue weighted by Crippen LogP contribution is -2.14. The van der Waals surface area contributed by atoms with Gasteiger partial charge in [-0.2, -0.15) is 10.4 Å². The van der Waals surface area contributed by atoms with Gasteiger partial charge in [0.25, 0.3) is 5.91 Å². The zero-order valence-corrected chi connectivity index (χ0v) is 16.5. The van der Waals surface area contributed by atoms with E-state index < -0.39 is 5.91 Å². The summed E-state index contributed by atoms with van der Waals surface area (Å²) in [4.78, 5) is 17.3. The highest BCUT2D eigenvalue weighted by molar-refractivity contribution is 6.39. The average Bonchev–Trinajstić information content (AvgIpc) is 3.06. The van der Waals surface area contributed by atoms with Gasteiger partial charge in [-0.15, -0.1) is 0 Å². The molecule has 0 spiro atoms. The van der Waals surface area contributed by atoms with Crippen LogP contribution in [0.1, 0.15) is 27.2 Å². The molecule has 0 radical (unpaired) electrons. The van der Waals surface area contributed by atoms with E-state index in [0.29, 0.717) is 28.0 Å². The first-order valence-electron chi connectivity index (χ1n) is 8.91. The number of aromatic nitrogens is 3. The number of rotatable bonds is 3. The molecular formula is C22H16ClN5O. The lowest BCUT2D eigenvalue weighted by atomic mass is 10.1. The van der Waals surface area contributed by atoms with Gasteiger partial charge in [0.15, 0.2) is 5.65 Å². The molecule has 2 aromatic heterocycles. The fraction of sp³-hybridized carbons (Fsp3) is 0.0909. The first-order chi connectivity index (χ1) is 14.0. The van der Waals surface area contributed by atoms with Crippen LogP contribution in [-0.2, 0) is 0 Å². The molecule has 0 atom stereocenters. The topological polar surface area (TPSA) is 83.6 Å². The standard InChI is InChI=1S/C22H16ClN5O/c1-13-7-9-16(10-8-13)28-21-19(14(2)27-28)20(23)17(12-25-21)22(29)26-18-6-4-3-5-15(18)11-24/h3-10,12H,1-2H3,(H,26,29). The van der Waals surface area contributed by atoms with Crippen molar-refractivity contribution in [2.75, 3.05) is 5.32 Å². The number of benzene rings is 2. The van der Waals surface area contributed by atoms with Gasteiger partial charge in [-0.3, -0.25) is 4.79 Å². The Labute approximate surface area is 172 Å². The summed E-state index contributed by atoms with van der Waals surface area (Å²) in [6, 6.07) is 16.7. The summed E-state index contributed by atoms with van der Waals surface area (Å²) in [6.45, 7) is 3.84. The SMILES string of the molecule is Cc1ccc(-n2nc(C)c3c(Cl)c(C(=O)Nc4ccccc4C#N)cnc32)cc1. The number of halogens is 1. The molecule has 4 rings (SSSR count). The summed E-state index contributed by atoms with van der Waals surface area (Å²) in [5, 5.41) is 17.4. The average molecular weight is 402 g/mol. The molecule has 0 unspecified atom stereocenters. The summed E-state index contributed by atoms with van der Waals surface area (Å²) >= 11 is 6.59. The third-order valence-electron chi connectivity index (χ3n) is 4.63. The number of carbonyl (C=O) groups excluding carboxylic acids is 1.